The lowest BCUT2D eigenvalue weighted by Crippen LogP contribution is -2.49. The SMILES string of the molecule is NC1CCC(NC(=O)c2cccc(S(=O)(=O)N3CCNC(=O)C3)c2)CC1. The molecule has 2 aliphatic rings. The molecule has 0 unspecified atom stereocenters. The smallest absolute Gasteiger partial charge is 0.251 e. The maximum absolute atomic E-state index is 12.7. The minimum Gasteiger partial charge on any atom is -0.354 e. The molecule has 0 bridgehead atoms. The van der Waals surface area contributed by atoms with E-state index in [2.05, 4.69) is 10.6 Å². The first-order chi connectivity index (χ1) is 12.4. The van der Waals surface area contributed by atoms with Gasteiger partial charge in [-0.1, -0.05) is 6.07 Å². The van der Waals surface area contributed by atoms with Crippen molar-refractivity contribution >= 4 is 21.8 Å². The number of amides is 2. The average molecular weight is 380 g/mol. The molecule has 1 aliphatic carbocycles. The molecular formula is C17H24N4O4S. The molecule has 1 aromatic rings. The van der Waals surface area contributed by atoms with Gasteiger partial charge in [-0.05, 0) is 43.9 Å². The Morgan fingerprint density at radius 2 is 1.96 bits per heavy atom. The minimum absolute atomic E-state index is 0.0190. The highest BCUT2D eigenvalue weighted by Crippen LogP contribution is 2.20. The van der Waals surface area contributed by atoms with Crippen LogP contribution in [0.2, 0.25) is 0 Å². The third-order valence-electron chi connectivity index (χ3n) is 4.84. The Bertz CT molecular complexity index is 788. The van der Waals surface area contributed by atoms with Gasteiger partial charge in [0.1, 0.15) is 0 Å². The number of carbonyl (C=O) groups is 2. The number of piperazine rings is 1. The first kappa shape index (κ1) is 18.8. The Morgan fingerprint density at radius 3 is 2.65 bits per heavy atom. The van der Waals surface area contributed by atoms with E-state index in [1.54, 1.807) is 12.1 Å². The highest BCUT2D eigenvalue weighted by atomic mass is 32.2. The van der Waals surface area contributed by atoms with E-state index in [4.69, 9.17) is 5.73 Å². The Kier molecular flexibility index (Phi) is 5.59. The summed E-state index contributed by atoms with van der Waals surface area (Å²) in [5, 5.41) is 5.55. The van der Waals surface area contributed by atoms with Crippen molar-refractivity contribution < 1.29 is 18.0 Å². The van der Waals surface area contributed by atoms with Gasteiger partial charge in [-0.25, -0.2) is 8.42 Å². The number of hydrogen-bond donors (Lipinski definition) is 3. The van der Waals surface area contributed by atoms with E-state index < -0.39 is 10.0 Å². The molecule has 142 valence electrons. The van der Waals surface area contributed by atoms with Gasteiger partial charge in [0.05, 0.1) is 11.4 Å². The number of nitrogens with two attached hydrogens (primary N) is 1. The van der Waals surface area contributed by atoms with Gasteiger partial charge < -0.3 is 16.4 Å². The van der Waals surface area contributed by atoms with Crippen molar-refractivity contribution in [3.63, 3.8) is 0 Å². The maximum Gasteiger partial charge on any atom is 0.251 e. The van der Waals surface area contributed by atoms with E-state index in [0.29, 0.717) is 5.56 Å². The van der Waals surface area contributed by atoms with Crippen molar-refractivity contribution in [1.82, 2.24) is 14.9 Å². The van der Waals surface area contributed by atoms with Crippen LogP contribution in [0, 0.1) is 0 Å². The van der Waals surface area contributed by atoms with Crippen LogP contribution in [0.4, 0.5) is 0 Å². The van der Waals surface area contributed by atoms with Crippen LogP contribution in [0.15, 0.2) is 29.2 Å². The zero-order valence-electron chi connectivity index (χ0n) is 14.5. The van der Waals surface area contributed by atoms with Gasteiger partial charge in [-0.15, -0.1) is 0 Å². The number of nitrogens with zero attached hydrogens (tertiary/aromatic N) is 1. The van der Waals surface area contributed by atoms with Crippen LogP contribution in [0.3, 0.4) is 0 Å². The van der Waals surface area contributed by atoms with Gasteiger partial charge in [0.2, 0.25) is 15.9 Å². The molecule has 2 amide bonds. The third kappa shape index (κ3) is 4.22. The molecule has 0 aromatic heterocycles. The molecule has 8 nitrogen and oxygen atoms in total. The molecule has 1 aromatic carbocycles. The average Bonchev–Trinajstić information content (AvgIpc) is 2.63. The second kappa shape index (κ2) is 7.73. The molecule has 0 spiro atoms. The topological polar surface area (TPSA) is 122 Å². The Hall–Kier alpha value is -1.97. The van der Waals surface area contributed by atoms with Gasteiger partial charge in [-0.2, -0.15) is 4.31 Å². The number of sulfonamides is 1. The van der Waals surface area contributed by atoms with Crippen LogP contribution >= 0.6 is 0 Å². The summed E-state index contributed by atoms with van der Waals surface area (Å²) in [4.78, 5) is 24.0. The Morgan fingerprint density at radius 1 is 1.23 bits per heavy atom. The largest absolute Gasteiger partial charge is 0.354 e. The summed E-state index contributed by atoms with van der Waals surface area (Å²) in [6.45, 7) is 0.288. The predicted octanol–water partition coefficient (Wildman–Crippen LogP) is -0.193. The van der Waals surface area contributed by atoms with E-state index in [1.165, 1.54) is 12.1 Å². The lowest BCUT2D eigenvalue weighted by Gasteiger charge is -2.27. The van der Waals surface area contributed by atoms with E-state index in [1.807, 2.05) is 0 Å². The first-order valence-corrected chi connectivity index (χ1v) is 10.2. The van der Waals surface area contributed by atoms with E-state index in [-0.39, 0.29) is 48.4 Å². The molecule has 0 radical (unpaired) electrons. The number of carbonyl (C=O) groups excluding carboxylic acids is 2. The van der Waals surface area contributed by atoms with Crippen LogP contribution in [-0.2, 0) is 14.8 Å². The molecule has 1 aliphatic heterocycles. The van der Waals surface area contributed by atoms with Crippen molar-refractivity contribution in [3.05, 3.63) is 29.8 Å². The minimum atomic E-state index is -3.82. The van der Waals surface area contributed by atoms with Crippen LogP contribution in [0.5, 0.6) is 0 Å². The number of benzene rings is 1. The summed E-state index contributed by atoms with van der Waals surface area (Å²) in [5.74, 6) is -0.622. The van der Waals surface area contributed by atoms with Crippen LogP contribution in [0.25, 0.3) is 0 Å². The van der Waals surface area contributed by atoms with Crippen LogP contribution in [0.1, 0.15) is 36.0 Å². The summed E-state index contributed by atoms with van der Waals surface area (Å²) in [6, 6.07) is 6.20. The molecule has 1 saturated carbocycles. The highest BCUT2D eigenvalue weighted by molar-refractivity contribution is 7.89. The fraction of sp³-hybridized carbons (Fsp3) is 0.529. The maximum atomic E-state index is 12.7. The zero-order chi connectivity index (χ0) is 18.7. The first-order valence-electron chi connectivity index (χ1n) is 8.79. The monoisotopic (exact) mass is 380 g/mol. The molecule has 4 N–H and O–H groups in total. The summed E-state index contributed by atoms with van der Waals surface area (Å²) >= 11 is 0. The van der Waals surface area contributed by atoms with Crippen molar-refractivity contribution in [3.8, 4) is 0 Å². The van der Waals surface area contributed by atoms with Crippen molar-refractivity contribution in [2.75, 3.05) is 19.6 Å². The third-order valence-corrected chi connectivity index (χ3v) is 6.69. The van der Waals surface area contributed by atoms with E-state index >= 15 is 0 Å². The molecule has 1 saturated heterocycles. The summed E-state index contributed by atoms with van der Waals surface area (Å²) < 4.78 is 26.6. The summed E-state index contributed by atoms with van der Waals surface area (Å²) in [5.41, 5.74) is 6.17. The highest BCUT2D eigenvalue weighted by Gasteiger charge is 2.29. The number of rotatable bonds is 4. The van der Waals surface area contributed by atoms with Crippen LogP contribution < -0.4 is 16.4 Å². The lowest BCUT2D eigenvalue weighted by molar-refractivity contribution is -0.122. The fourth-order valence-electron chi connectivity index (χ4n) is 3.30. The molecule has 3 rings (SSSR count). The molecular weight excluding hydrogens is 356 g/mol. The molecule has 26 heavy (non-hydrogen) atoms. The normalized spacial score (nSPS) is 24.7. The van der Waals surface area contributed by atoms with E-state index in [9.17, 15) is 18.0 Å². The van der Waals surface area contributed by atoms with Crippen molar-refractivity contribution in [2.45, 2.75) is 42.7 Å². The molecule has 0 atom stereocenters. The van der Waals surface area contributed by atoms with E-state index in [0.717, 1.165) is 30.0 Å². The standard InChI is InChI=1S/C17H24N4O4S/c18-13-4-6-14(7-5-13)20-17(23)12-2-1-3-15(10-12)26(24,25)21-9-8-19-16(22)11-21/h1-3,10,13-14H,4-9,11,18H2,(H,19,22)(H,20,23). The molecule has 1 heterocycles. The number of nitrogens with one attached hydrogen (secondary N) is 2. The second-order valence-corrected chi connectivity index (χ2v) is 8.74. The quantitative estimate of drug-likeness (QED) is 0.668. The Balaban J connectivity index is 1.73. The van der Waals surface area contributed by atoms with Crippen LogP contribution in [-0.4, -0.2) is 56.3 Å². The second-order valence-electron chi connectivity index (χ2n) is 6.80. The van der Waals surface area contributed by atoms with Crippen molar-refractivity contribution in [1.29, 1.82) is 0 Å². The van der Waals surface area contributed by atoms with Gasteiger partial charge in [0, 0.05) is 30.7 Å². The van der Waals surface area contributed by atoms with Crippen molar-refractivity contribution in [2.24, 2.45) is 5.73 Å². The zero-order valence-corrected chi connectivity index (χ0v) is 15.3. The molecule has 9 heteroatoms. The Labute approximate surface area is 153 Å². The summed E-state index contributed by atoms with van der Waals surface area (Å²) in [6.07, 6.45) is 3.40. The number of hydrogen-bond acceptors (Lipinski definition) is 5. The lowest BCUT2D eigenvalue weighted by atomic mass is 9.91. The molecule has 2 fully saturated rings. The van der Waals surface area contributed by atoms with Gasteiger partial charge in [0.25, 0.3) is 5.91 Å². The van der Waals surface area contributed by atoms with Gasteiger partial charge in [0.15, 0.2) is 0 Å². The predicted molar refractivity (Wildman–Crippen MR) is 95.9 cm³/mol. The van der Waals surface area contributed by atoms with Gasteiger partial charge in [-0.3, -0.25) is 9.59 Å². The fourth-order valence-corrected chi connectivity index (χ4v) is 4.74. The summed E-state index contributed by atoms with van der Waals surface area (Å²) in [7, 11) is -3.82. The van der Waals surface area contributed by atoms with Gasteiger partial charge >= 0.3 is 0 Å².